The number of hydrogen-bond acceptors (Lipinski definition) is 6. The number of fused-ring (bicyclic) bond motifs is 1. The van der Waals surface area contributed by atoms with E-state index >= 15 is 0 Å². The molecular formula is C18H19N3O6S2. The summed E-state index contributed by atoms with van der Waals surface area (Å²) in [4.78, 5) is 11.5. The van der Waals surface area contributed by atoms with Gasteiger partial charge in [0.25, 0.3) is 10.0 Å². The van der Waals surface area contributed by atoms with E-state index in [9.17, 15) is 21.6 Å². The van der Waals surface area contributed by atoms with Crippen LogP contribution in [0, 0.1) is 0 Å². The van der Waals surface area contributed by atoms with Gasteiger partial charge in [-0.2, -0.15) is 4.31 Å². The van der Waals surface area contributed by atoms with Crippen molar-refractivity contribution >= 4 is 31.6 Å². The molecule has 0 radical (unpaired) electrons. The molecule has 1 amide bonds. The van der Waals surface area contributed by atoms with Gasteiger partial charge in [-0.05, 0) is 42.0 Å². The van der Waals surface area contributed by atoms with Crippen LogP contribution in [0.15, 0.2) is 52.3 Å². The Kier molecular flexibility index (Phi) is 4.97. The van der Waals surface area contributed by atoms with Gasteiger partial charge < -0.3 is 10.1 Å². The quantitative estimate of drug-likeness (QED) is 0.704. The minimum atomic E-state index is -3.92. The SMILES string of the molecule is O=C1CN(S(=O)(=O)c2cccc(NS(=O)(=O)c3ccc4c(c3)CCO4)c2)CCN1. The number of amides is 1. The van der Waals surface area contributed by atoms with E-state index in [4.69, 9.17) is 4.74 Å². The Morgan fingerprint density at radius 3 is 2.66 bits per heavy atom. The van der Waals surface area contributed by atoms with E-state index in [1.807, 2.05) is 0 Å². The number of piperazine rings is 1. The van der Waals surface area contributed by atoms with Crippen LogP contribution in [0.4, 0.5) is 5.69 Å². The highest BCUT2D eigenvalue weighted by Crippen LogP contribution is 2.29. The predicted octanol–water partition coefficient (Wildman–Crippen LogP) is 0.543. The zero-order valence-electron chi connectivity index (χ0n) is 15.3. The second-order valence-electron chi connectivity index (χ2n) is 6.69. The number of benzene rings is 2. The van der Waals surface area contributed by atoms with Gasteiger partial charge in [0.1, 0.15) is 5.75 Å². The lowest BCUT2D eigenvalue weighted by Gasteiger charge is -2.26. The fourth-order valence-corrected chi connectivity index (χ4v) is 5.78. The third-order valence-electron chi connectivity index (χ3n) is 4.70. The van der Waals surface area contributed by atoms with Crippen molar-refractivity contribution in [1.82, 2.24) is 9.62 Å². The van der Waals surface area contributed by atoms with E-state index in [1.165, 1.54) is 30.3 Å². The molecule has 4 rings (SSSR count). The molecule has 0 saturated carbocycles. The lowest BCUT2D eigenvalue weighted by atomic mass is 10.2. The van der Waals surface area contributed by atoms with Crippen molar-refractivity contribution in [3.8, 4) is 5.75 Å². The number of carbonyl (C=O) groups excluding carboxylic acids is 1. The van der Waals surface area contributed by atoms with E-state index in [2.05, 4.69) is 10.0 Å². The standard InChI is InChI=1S/C18H19N3O6S2/c22-18-12-21(8-7-19-18)29(25,26)16-3-1-2-14(11-16)20-28(23,24)15-4-5-17-13(10-15)6-9-27-17/h1-5,10-11,20H,6-9,12H2,(H,19,22). The summed E-state index contributed by atoms with van der Waals surface area (Å²) in [6, 6.07) is 10.1. The Labute approximate surface area is 168 Å². The summed E-state index contributed by atoms with van der Waals surface area (Å²) in [7, 11) is -7.83. The molecule has 0 aliphatic carbocycles. The van der Waals surface area contributed by atoms with Crippen molar-refractivity contribution in [1.29, 1.82) is 0 Å². The number of sulfonamides is 2. The van der Waals surface area contributed by atoms with Crippen molar-refractivity contribution in [2.24, 2.45) is 0 Å². The second kappa shape index (κ2) is 7.32. The van der Waals surface area contributed by atoms with Gasteiger partial charge in [0.05, 0.1) is 28.6 Å². The van der Waals surface area contributed by atoms with Gasteiger partial charge in [0.15, 0.2) is 0 Å². The molecule has 9 nitrogen and oxygen atoms in total. The van der Waals surface area contributed by atoms with E-state index in [0.29, 0.717) is 18.8 Å². The zero-order chi connectivity index (χ0) is 20.6. The highest BCUT2D eigenvalue weighted by atomic mass is 32.2. The fourth-order valence-electron chi connectivity index (χ4n) is 3.23. The first-order chi connectivity index (χ1) is 13.8. The molecule has 2 aromatic rings. The first-order valence-electron chi connectivity index (χ1n) is 8.91. The number of ether oxygens (including phenoxy) is 1. The third kappa shape index (κ3) is 3.93. The number of nitrogens with one attached hydrogen (secondary N) is 2. The Morgan fingerprint density at radius 2 is 1.86 bits per heavy atom. The molecule has 0 bridgehead atoms. The normalized spacial score (nSPS) is 17.3. The number of anilines is 1. The number of nitrogens with zero attached hydrogens (tertiary/aromatic N) is 1. The molecule has 0 atom stereocenters. The summed E-state index contributed by atoms with van der Waals surface area (Å²) in [6.45, 7) is 0.629. The number of hydrogen-bond donors (Lipinski definition) is 2. The van der Waals surface area contributed by atoms with Crippen LogP contribution in [0.1, 0.15) is 5.56 Å². The van der Waals surface area contributed by atoms with Gasteiger partial charge in [-0.15, -0.1) is 0 Å². The van der Waals surface area contributed by atoms with Crippen LogP contribution >= 0.6 is 0 Å². The number of rotatable bonds is 5. The molecule has 2 N–H and O–H groups in total. The first kappa shape index (κ1) is 19.7. The summed E-state index contributed by atoms with van der Waals surface area (Å²) >= 11 is 0. The molecule has 29 heavy (non-hydrogen) atoms. The molecule has 0 aromatic heterocycles. The Bertz CT molecular complexity index is 1180. The molecule has 1 saturated heterocycles. The first-order valence-corrected chi connectivity index (χ1v) is 11.8. The monoisotopic (exact) mass is 437 g/mol. The van der Waals surface area contributed by atoms with Gasteiger partial charge >= 0.3 is 0 Å². The van der Waals surface area contributed by atoms with E-state index in [-0.39, 0.29) is 41.0 Å². The van der Waals surface area contributed by atoms with Crippen molar-refractivity contribution in [2.45, 2.75) is 16.2 Å². The molecule has 0 spiro atoms. The van der Waals surface area contributed by atoms with Crippen LogP contribution < -0.4 is 14.8 Å². The second-order valence-corrected chi connectivity index (χ2v) is 10.3. The Morgan fingerprint density at radius 1 is 1.03 bits per heavy atom. The fraction of sp³-hybridized carbons (Fsp3) is 0.278. The molecule has 154 valence electrons. The van der Waals surface area contributed by atoms with Crippen molar-refractivity contribution in [3.05, 3.63) is 48.0 Å². The Balaban J connectivity index is 1.59. The van der Waals surface area contributed by atoms with Crippen LogP contribution in [-0.4, -0.2) is 53.3 Å². The molecular weight excluding hydrogens is 418 g/mol. The average molecular weight is 437 g/mol. The summed E-state index contributed by atoms with van der Waals surface area (Å²) in [5.41, 5.74) is 0.928. The topological polar surface area (TPSA) is 122 Å². The maximum Gasteiger partial charge on any atom is 0.261 e. The highest BCUT2D eigenvalue weighted by molar-refractivity contribution is 7.92. The van der Waals surface area contributed by atoms with Gasteiger partial charge in [-0.3, -0.25) is 9.52 Å². The molecule has 2 aromatic carbocycles. The van der Waals surface area contributed by atoms with Gasteiger partial charge in [-0.1, -0.05) is 6.07 Å². The average Bonchev–Trinajstić information content (AvgIpc) is 3.16. The summed E-state index contributed by atoms with van der Waals surface area (Å²) in [5.74, 6) is 0.292. The minimum Gasteiger partial charge on any atom is -0.493 e. The molecule has 2 aliphatic rings. The van der Waals surface area contributed by atoms with Crippen molar-refractivity contribution in [3.63, 3.8) is 0 Å². The lowest BCUT2D eigenvalue weighted by Crippen LogP contribution is -2.49. The van der Waals surface area contributed by atoms with Crippen molar-refractivity contribution in [2.75, 3.05) is 31.0 Å². The maximum atomic E-state index is 12.8. The summed E-state index contributed by atoms with van der Waals surface area (Å²) in [6.07, 6.45) is 0.635. The zero-order valence-corrected chi connectivity index (χ0v) is 16.9. The molecule has 2 heterocycles. The van der Waals surface area contributed by atoms with Crippen LogP contribution in [0.2, 0.25) is 0 Å². The van der Waals surface area contributed by atoms with Crippen LogP contribution in [0.25, 0.3) is 0 Å². The van der Waals surface area contributed by atoms with Crippen LogP contribution in [-0.2, 0) is 31.3 Å². The Hall–Kier alpha value is -2.63. The van der Waals surface area contributed by atoms with Gasteiger partial charge in [0.2, 0.25) is 15.9 Å². The van der Waals surface area contributed by atoms with Crippen LogP contribution in [0.3, 0.4) is 0 Å². The van der Waals surface area contributed by atoms with E-state index < -0.39 is 20.0 Å². The lowest BCUT2D eigenvalue weighted by molar-refractivity contribution is -0.122. The molecule has 11 heteroatoms. The summed E-state index contributed by atoms with van der Waals surface area (Å²) in [5, 5.41) is 2.57. The number of carbonyl (C=O) groups is 1. The van der Waals surface area contributed by atoms with Crippen LogP contribution in [0.5, 0.6) is 5.75 Å². The van der Waals surface area contributed by atoms with Gasteiger partial charge in [0, 0.05) is 19.5 Å². The largest absolute Gasteiger partial charge is 0.493 e. The van der Waals surface area contributed by atoms with Crippen molar-refractivity contribution < 1.29 is 26.4 Å². The molecule has 0 unspecified atom stereocenters. The highest BCUT2D eigenvalue weighted by Gasteiger charge is 2.29. The predicted molar refractivity (Wildman–Crippen MR) is 105 cm³/mol. The molecule has 2 aliphatic heterocycles. The third-order valence-corrected chi connectivity index (χ3v) is 7.92. The smallest absolute Gasteiger partial charge is 0.261 e. The molecule has 1 fully saturated rings. The summed E-state index contributed by atoms with van der Waals surface area (Å²) < 4.78 is 60.0. The van der Waals surface area contributed by atoms with E-state index in [0.717, 1.165) is 9.87 Å². The van der Waals surface area contributed by atoms with Gasteiger partial charge in [-0.25, -0.2) is 16.8 Å². The minimum absolute atomic E-state index is 0.0720. The van der Waals surface area contributed by atoms with E-state index in [1.54, 1.807) is 12.1 Å². The maximum absolute atomic E-state index is 12.8.